The molecule has 1 N–H and O–H groups in total. The highest BCUT2D eigenvalue weighted by molar-refractivity contribution is 8.00. The molecule has 212 valence electrons. The first-order valence-corrected chi connectivity index (χ1v) is 16.3. The Hall–Kier alpha value is -1.74. The highest BCUT2D eigenvalue weighted by atomic mass is 32.2. The molecule has 2 aliphatic rings. The van der Waals surface area contributed by atoms with Crippen molar-refractivity contribution in [2.45, 2.75) is 104 Å². The monoisotopic (exact) mass is 558 g/mol. The van der Waals surface area contributed by atoms with E-state index in [0.717, 1.165) is 50.5 Å². The lowest BCUT2D eigenvalue weighted by Gasteiger charge is -2.43. The molecule has 3 unspecified atom stereocenters. The minimum atomic E-state index is -3.47. The van der Waals surface area contributed by atoms with Gasteiger partial charge in [-0.15, -0.1) is 0 Å². The zero-order chi connectivity index (χ0) is 28.9. The minimum Gasteiger partial charge on any atom is -0.388 e. The number of aliphatic hydroxyl groups excluding tert-OH is 1. The van der Waals surface area contributed by atoms with Gasteiger partial charge in [-0.1, -0.05) is 112 Å². The van der Waals surface area contributed by atoms with Crippen molar-refractivity contribution < 1.29 is 13.5 Å². The Morgan fingerprint density at radius 2 is 1.74 bits per heavy atom. The first kappa shape index (κ1) is 34.3. The second kappa shape index (κ2) is 16.4. The molecule has 0 radical (unpaired) electrons. The Bertz CT molecular complexity index is 1110. The number of hydrogen-bond donors (Lipinski definition) is 1. The zero-order valence-corrected chi connectivity index (χ0v) is 26.6. The first-order valence-electron chi connectivity index (χ1n) is 14.3. The van der Waals surface area contributed by atoms with E-state index in [9.17, 15) is 13.5 Å². The molecular formula is C33H51O3PS. The lowest BCUT2D eigenvalue weighted by molar-refractivity contribution is 0.191. The van der Waals surface area contributed by atoms with E-state index in [0.29, 0.717) is 21.9 Å². The molecule has 4 atom stereocenters. The van der Waals surface area contributed by atoms with Gasteiger partial charge in [-0.05, 0) is 86.0 Å². The molecule has 0 aliphatic heterocycles. The van der Waals surface area contributed by atoms with Crippen molar-refractivity contribution in [2.24, 2.45) is 11.3 Å². The summed E-state index contributed by atoms with van der Waals surface area (Å²) in [5.41, 5.74) is 4.62. The van der Waals surface area contributed by atoms with Crippen molar-refractivity contribution >= 4 is 19.1 Å². The summed E-state index contributed by atoms with van der Waals surface area (Å²) in [5.74, 6) is 0.361. The molecule has 1 aromatic rings. The molecule has 0 bridgehead atoms. The predicted octanol–water partition coefficient (Wildman–Crippen LogP) is 9.35. The lowest BCUT2D eigenvalue weighted by Crippen LogP contribution is -2.32. The third-order valence-electron chi connectivity index (χ3n) is 7.87. The predicted molar refractivity (Wildman–Crippen MR) is 169 cm³/mol. The molecule has 0 aromatic heterocycles. The fraction of sp³-hybridized carbons (Fsp3) is 0.515. The summed E-state index contributed by atoms with van der Waals surface area (Å²) in [4.78, 5) is 0.319. The summed E-state index contributed by atoms with van der Waals surface area (Å²) in [6.07, 6.45) is 13.3. The Morgan fingerprint density at radius 3 is 2.37 bits per heavy atom. The van der Waals surface area contributed by atoms with Crippen LogP contribution in [-0.2, 0) is 9.84 Å². The van der Waals surface area contributed by atoms with Gasteiger partial charge in [0.15, 0.2) is 0 Å². The maximum Gasteiger partial charge on any atom is 0.206 e. The van der Waals surface area contributed by atoms with Gasteiger partial charge in [0.1, 0.15) is 0 Å². The summed E-state index contributed by atoms with van der Waals surface area (Å²) in [7, 11) is -1.07. The second-order valence-electron chi connectivity index (χ2n) is 9.92. The molecule has 38 heavy (non-hydrogen) atoms. The Kier molecular flexibility index (Phi) is 14.8. The van der Waals surface area contributed by atoms with E-state index >= 15 is 0 Å². The Labute approximate surface area is 236 Å². The summed E-state index contributed by atoms with van der Waals surface area (Å²) < 4.78 is 25.8. The van der Waals surface area contributed by atoms with Gasteiger partial charge in [0.05, 0.1) is 15.6 Å². The molecule has 3 rings (SSSR count). The standard InChI is InChI=1S/C29H39O3PS.2C2H6/c1-21(11-8-17-28(33)34(31,32)26-14-6-5-7-15-26)29(4)20-10-13-25(23(29)3)19-18-24-12-9-16-27(30)22(24)2;2*1-2/h5-7,14-15,17-19,23,27,30H,1-2,8-13,16,20,33H2,3-4H3;2*1-2H3/b24-18-,25-19+,28-17+;;/t23?,27-,29?;;/m0../s1. The minimum absolute atomic E-state index is 0.0150. The molecule has 2 saturated carbocycles. The van der Waals surface area contributed by atoms with E-state index in [-0.39, 0.29) is 5.41 Å². The van der Waals surface area contributed by atoms with Crippen LogP contribution in [-0.4, -0.2) is 19.6 Å². The fourth-order valence-electron chi connectivity index (χ4n) is 5.16. The van der Waals surface area contributed by atoms with E-state index in [1.807, 2.05) is 33.8 Å². The van der Waals surface area contributed by atoms with Crippen LogP contribution in [0.5, 0.6) is 0 Å². The smallest absolute Gasteiger partial charge is 0.206 e. The lowest BCUT2D eigenvalue weighted by atomic mass is 9.61. The molecule has 2 aliphatic carbocycles. The molecule has 0 heterocycles. The van der Waals surface area contributed by atoms with Crippen LogP contribution in [0.25, 0.3) is 0 Å². The number of hydrogen-bond acceptors (Lipinski definition) is 3. The number of rotatable bonds is 7. The van der Waals surface area contributed by atoms with Crippen LogP contribution in [0, 0.1) is 11.3 Å². The highest BCUT2D eigenvalue weighted by Crippen LogP contribution is 2.49. The average molecular weight is 559 g/mol. The van der Waals surface area contributed by atoms with Crippen LogP contribution in [0.15, 0.2) is 93.6 Å². The summed E-state index contributed by atoms with van der Waals surface area (Å²) in [6, 6.07) is 8.55. The molecule has 3 nitrogen and oxygen atoms in total. The largest absolute Gasteiger partial charge is 0.388 e. The maximum absolute atomic E-state index is 12.8. The molecule has 0 saturated heterocycles. The van der Waals surface area contributed by atoms with Crippen LogP contribution in [0.2, 0.25) is 0 Å². The molecule has 2 fully saturated rings. The van der Waals surface area contributed by atoms with Gasteiger partial charge in [-0.2, -0.15) is 0 Å². The molecule has 0 spiro atoms. The quantitative estimate of drug-likeness (QED) is 0.268. The van der Waals surface area contributed by atoms with E-state index in [1.165, 1.54) is 16.7 Å². The summed E-state index contributed by atoms with van der Waals surface area (Å²) in [6.45, 7) is 21.1. The highest BCUT2D eigenvalue weighted by Gasteiger charge is 2.38. The topological polar surface area (TPSA) is 54.4 Å². The van der Waals surface area contributed by atoms with Crippen LogP contribution >= 0.6 is 9.24 Å². The third-order valence-corrected chi connectivity index (χ3v) is 10.7. The van der Waals surface area contributed by atoms with Gasteiger partial charge in [0.2, 0.25) is 9.84 Å². The first-order chi connectivity index (χ1) is 18.1. The van der Waals surface area contributed by atoms with E-state index in [4.69, 9.17) is 0 Å². The van der Waals surface area contributed by atoms with Crippen molar-refractivity contribution in [3.05, 3.63) is 88.7 Å². The molecular weight excluding hydrogens is 507 g/mol. The number of sulfone groups is 1. The summed E-state index contributed by atoms with van der Waals surface area (Å²) in [5, 5.41) is 10.1. The van der Waals surface area contributed by atoms with Crippen LogP contribution in [0.1, 0.15) is 92.9 Å². The molecule has 0 amide bonds. The Balaban J connectivity index is 0.00000172. The van der Waals surface area contributed by atoms with Crippen molar-refractivity contribution in [1.82, 2.24) is 0 Å². The fourth-order valence-corrected chi connectivity index (χ4v) is 6.86. The number of allylic oxidation sites excluding steroid dienone is 5. The number of aliphatic hydroxyl groups is 1. The average Bonchev–Trinajstić information content (AvgIpc) is 2.94. The Morgan fingerprint density at radius 1 is 1.11 bits per heavy atom. The third kappa shape index (κ3) is 8.63. The number of benzene rings is 1. The maximum atomic E-state index is 12.8. The van der Waals surface area contributed by atoms with Crippen LogP contribution in [0.3, 0.4) is 0 Å². The molecule has 1 aromatic carbocycles. The molecule has 5 heteroatoms. The van der Waals surface area contributed by atoms with Crippen molar-refractivity contribution in [3.63, 3.8) is 0 Å². The van der Waals surface area contributed by atoms with E-state index in [1.54, 1.807) is 30.3 Å². The van der Waals surface area contributed by atoms with Crippen molar-refractivity contribution in [3.8, 4) is 0 Å². The van der Waals surface area contributed by atoms with Gasteiger partial charge >= 0.3 is 0 Å². The second-order valence-corrected chi connectivity index (χ2v) is 12.9. The van der Waals surface area contributed by atoms with Crippen LogP contribution < -0.4 is 0 Å². The zero-order valence-electron chi connectivity index (χ0n) is 24.6. The van der Waals surface area contributed by atoms with E-state index < -0.39 is 15.9 Å². The van der Waals surface area contributed by atoms with E-state index in [2.05, 4.69) is 48.4 Å². The van der Waals surface area contributed by atoms with Gasteiger partial charge in [0.25, 0.3) is 0 Å². The van der Waals surface area contributed by atoms with Crippen molar-refractivity contribution in [2.75, 3.05) is 0 Å². The van der Waals surface area contributed by atoms with Gasteiger partial charge in [-0.25, -0.2) is 8.42 Å². The summed E-state index contributed by atoms with van der Waals surface area (Å²) >= 11 is 0. The van der Waals surface area contributed by atoms with Gasteiger partial charge in [0, 0.05) is 0 Å². The van der Waals surface area contributed by atoms with Crippen molar-refractivity contribution in [1.29, 1.82) is 0 Å². The SMILES string of the molecule is C=C1/C(=C\C=C2/CCCC(C)(C(=C)CC/C=C(\P)S(=O)(=O)c3ccccc3)C2C)CCC[C@@H]1O.CC.CC. The van der Waals surface area contributed by atoms with Gasteiger partial charge in [-0.3, -0.25) is 0 Å². The normalized spacial score (nSPS) is 26.2. The van der Waals surface area contributed by atoms with Crippen LogP contribution in [0.4, 0.5) is 0 Å². The van der Waals surface area contributed by atoms with Gasteiger partial charge < -0.3 is 5.11 Å².